The molecule has 0 bridgehead atoms. The molecule has 24 heavy (non-hydrogen) atoms. The zero-order chi connectivity index (χ0) is 17.3. The molecule has 2 aromatic heterocycles. The Bertz CT molecular complexity index is 794. The van der Waals surface area contributed by atoms with Crippen molar-refractivity contribution in [1.29, 1.82) is 0 Å². The van der Waals surface area contributed by atoms with Crippen LogP contribution in [0.25, 0.3) is 11.0 Å². The predicted molar refractivity (Wildman–Crippen MR) is 96.9 cm³/mol. The lowest BCUT2D eigenvalue weighted by Gasteiger charge is -2.41. The zero-order valence-corrected chi connectivity index (χ0v) is 15.4. The molecule has 0 atom stereocenters. The summed E-state index contributed by atoms with van der Waals surface area (Å²) >= 11 is 0. The maximum absolute atomic E-state index is 12.2. The zero-order valence-electron chi connectivity index (χ0n) is 14.6. The molecule has 0 unspecified atom stereocenters. The Morgan fingerprint density at radius 2 is 2.08 bits per heavy atom. The molecule has 2 heterocycles. The Morgan fingerprint density at radius 3 is 2.79 bits per heavy atom. The van der Waals surface area contributed by atoms with Gasteiger partial charge in [-0.3, -0.25) is 0 Å². The van der Waals surface area contributed by atoms with Gasteiger partial charge in [0.1, 0.15) is 17.8 Å². The lowest BCUT2D eigenvalue weighted by Crippen LogP contribution is -2.45. The second-order valence-electron chi connectivity index (χ2n) is 7.34. The molecule has 0 aromatic carbocycles. The number of hydrogen-bond donors (Lipinski definition) is 1. The molecular formula is C17H26N4O2S. The molecule has 6 nitrogen and oxygen atoms in total. The third kappa shape index (κ3) is 3.71. The minimum atomic E-state index is -2.93. The molecule has 7 heteroatoms. The maximum atomic E-state index is 12.2. The molecule has 0 aliphatic heterocycles. The molecule has 3 rings (SSSR count). The number of H-pyrrole nitrogens is 1. The Hall–Kier alpha value is -1.63. The highest BCUT2D eigenvalue weighted by atomic mass is 32.2. The van der Waals surface area contributed by atoms with Crippen LogP contribution in [0.4, 0.5) is 5.82 Å². The molecule has 1 aliphatic carbocycles. The first-order valence-electron chi connectivity index (χ1n) is 8.57. The Balaban J connectivity index is 1.57. The largest absolute Gasteiger partial charge is 0.356 e. The smallest absolute Gasteiger partial charge is 0.150 e. The third-order valence-corrected chi connectivity index (χ3v) is 6.76. The van der Waals surface area contributed by atoms with Crippen molar-refractivity contribution in [2.75, 3.05) is 23.5 Å². The molecule has 0 radical (unpaired) electrons. The second kappa shape index (κ2) is 6.70. The number of aromatic amines is 1. The van der Waals surface area contributed by atoms with Gasteiger partial charge < -0.3 is 9.88 Å². The van der Waals surface area contributed by atoms with Crippen molar-refractivity contribution >= 4 is 26.7 Å². The average Bonchev–Trinajstić information content (AvgIpc) is 2.96. The van der Waals surface area contributed by atoms with Crippen molar-refractivity contribution in [2.24, 2.45) is 11.8 Å². The first-order chi connectivity index (χ1) is 11.4. The molecular weight excluding hydrogens is 324 g/mol. The van der Waals surface area contributed by atoms with Crippen molar-refractivity contribution in [3.63, 3.8) is 0 Å². The van der Waals surface area contributed by atoms with E-state index in [9.17, 15) is 8.42 Å². The number of sulfone groups is 1. The van der Waals surface area contributed by atoms with Gasteiger partial charge in [0.05, 0.1) is 16.9 Å². The predicted octanol–water partition coefficient (Wildman–Crippen LogP) is 2.63. The van der Waals surface area contributed by atoms with Crippen LogP contribution in [0.15, 0.2) is 18.6 Å². The summed E-state index contributed by atoms with van der Waals surface area (Å²) in [5.41, 5.74) is 0.832. The van der Waals surface area contributed by atoms with Crippen LogP contribution in [0, 0.1) is 11.8 Å². The molecule has 0 saturated heterocycles. The molecule has 1 aliphatic rings. The number of anilines is 1. The number of fused-ring (bicyclic) bond motifs is 1. The van der Waals surface area contributed by atoms with E-state index >= 15 is 0 Å². The highest BCUT2D eigenvalue weighted by molar-refractivity contribution is 7.91. The van der Waals surface area contributed by atoms with Crippen molar-refractivity contribution < 1.29 is 8.42 Å². The third-order valence-electron chi connectivity index (χ3n) is 4.92. The number of nitrogens with one attached hydrogen (secondary N) is 1. The van der Waals surface area contributed by atoms with Gasteiger partial charge in [-0.1, -0.05) is 13.8 Å². The minimum Gasteiger partial charge on any atom is -0.356 e. The Kier molecular flexibility index (Phi) is 4.80. The number of nitrogens with zero attached hydrogens (tertiary/aromatic N) is 3. The number of rotatable bonds is 7. The SMILES string of the molecule is CC(C)CCS(=O)(=O)C[C@H]1C[C@@H](N(C)c2ncnc3[nH]ccc23)C1. The van der Waals surface area contributed by atoms with Gasteiger partial charge in [0, 0.05) is 19.3 Å². The van der Waals surface area contributed by atoms with Crippen LogP contribution in [-0.2, 0) is 9.84 Å². The fourth-order valence-electron chi connectivity index (χ4n) is 3.32. The van der Waals surface area contributed by atoms with Crippen LogP contribution in [-0.4, -0.2) is 48.0 Å². The molecule has 1 fully saturated rings. The fraction of sp³-hybridized carbons (Fsp3) is 0.647. The fourth-order valence-corrected chi connectivity index (χ4v) is 5.31. The van der Waals surface area contributed by atoms with Crippen molar-refractivity contribution in [2.45, 2.75) is 39.2 Å². The van der Waals surface area contributed by atoms with E-state index in [-0.39, 0.29) is 5.92 Å². The topological polar surface area (TPSA) is 79.0 Å². The molecule has 1 saturated carbocycles. The van der Waals surface area contributed by atoms with Crippen LogP contribution in [0.3, 0.4) is 0 Å². The van der Waals surface area contributed by atoms with Gasteiger partial charge in [-0.2, -0.15) is 0 Å². The van der Waals surface area contributed by atoms with Crippen molar-refractivity contribution in [3.8, 4) is 0 Å². The maximum Gasteiger partial charge on any atom is 0.150 e. The average molecular weight is 350 g/mol. The van der Waals surface area contributed by atoms with E-state index in [1.807, 2.05) is 19.3 Å². The molecule has 132 valence electrons. The van der Waals surface area contributed by atoms with Gasteiger partial charge in [0.15, 0.2) is 9.84 Å². The summed E-state index contributed by atoms with van der Waals surface area (Å²) < 4.78 is 24.4. The van der Waals surface area contributed by atoms with E-state index in [0.717, 1.165) is 36.1 Å². The van der Waals surface area contributed by atoms with E-state index in [0.29, 0.717) is 23.5 Å². The molecule has 1 N–H and O–H groups in total. The first kappa shape index (κ1) is 17.2. The number of hydrogen-bond acceptors (Lipinski definition) is 5. The lowest BCUT2D eigenvalue weighted by molar-refractivity contribution is 0.282. The minimum absolute atomic E-state index is 0.276. The van der Waals surface area contributed by atoms with Crippen LogP contribution >= 0.6 is 0 Å². The van der Waals surface area contributed by atoms with Gasteiger partial charge in [0.25, 0.3) is 0 Å². The van der Waals surface area contributed by atoms with E-state index in [2.05, 4.69) is 33.7 Å². The van der Waals surface area contributed by atoms with E-state index in [1.165, 1.54) is 0 Å². The van der Waals surface area contributed by atoms with Crippen molar-refractivity contribution in [1.82, 2.24) is 15.0 Å². The Labute approximate surface area is 143 Å². The summed E-state index contributed by atoms with van der Waals surface area (Å²) in [5, 5.41) is 1.01. The lowest BCUT2D eigenvalue weighted by atomic mass is 9.81. The van der Waals surface area contributed by atoms with Crippen LogP contribution in [0.1, 0.15) is 33.1 Å². The summed E-state index contributed by atoms with van der Waals surface area (Å²) in [7, 11) is -0.895. The monoisotopic (exact) mass is 350 g/mol. The summed E-state index contributed by atoms with van der Waals surface area (Å²) in [6.45, 7) is 4.13. The van der Waals surface area contributed by atoms with E-state index in [4.69, 9.17) is 0 Å². The standard InChI is InChI=1S/C17H26N4O2S/c1-12(2)5-7-24(22,23)10-13-8-14(9-13)21(3)17-15-4-6-18-16(15)19-11-20-17/h4,6,11-14H,5,7-10H2,1-3H3,(H,18,19,20)/t13-,14+. The highest BCUT2D eigenvalue weighted by Gasteiger charge is 2.35. The van der Waals surface area contributed by atoms with E-state index in [1.54, 1.807) is 6.33 Å². The summed E-state index contributed by atoms with van der Waals surface area (Å²) in [6, 6.07) is 2.33. The van der Waals surface area contributed by atoms with Gasteiger partial charge in [0.2, 0.25) is 0 Å². The van der Waals surface area contributed by atoms with Crippen LogP contribution in [0.5, 0.6) is 0 Å². The molecule has 0 spiro atoms. The quantitative estimate of drug-likeness (QED) is 0.830. The van der Waals surface area contributed by atoms with Gasteiger partial charge in [-0.25, -0.2) is 18.4 Å². The van der Waals surface area contributed by atoms with E-state index < -0.39 is 9.84 Å². The highest BCUT2D eigenvalue weighted by Crippen LogP contribution is 2.35. The second-order valence-corrected chi connectivity index (χ2v) is 9.56. The Morgan fingerprint density at radius 1 is 1.33 bits per heavy atom. The van der Waals surface area contributed by atoms with Crippen molar-refractivity contribution in [3.05, 3.63) is 18.6 Å². The number of aromatic nitrogens is 3. The molecule has 0 amide bonds. The normalized spacial score (nSPS) is 21.2. The summed E-state index contributed by atoms with van der Waals surface area (Å²) in [4.78, 5) is 13.9. The van der Waals surface area contributed by atoms with Crippen LogP contribution in [0.2, 0.25) is 0 Å². The van der Waals surface area contributed by atoms with Gasteiger partial charge in [-0.05, 0) is 37.2 Å². The van der Waals surface area contributed by atoms with Crippen LogP contribution < -0.4 is 4.90 Å². The summed E-state index contributed by atoms with van der Waals surface area (Å²) in [5.74, 6) is 2.26. The molecule has 2 aromatic rings. The van der Waals surface area contributed by atoms with Gasteiger partial charge in [-0.15, -0.1) is 0 Å². The summed E-state index contributed by atoms with van der Waals surface area (Å²) in [6.07, 6.45) is 6.00. The first-order valence-corrected chi connectivity index (χ1v) is 10.4. The van der Waals surface area contributed by atoms with Gasteiger partial charge >= 0.3 is 0 Å².